The summed E-state index contributed by atoms with van der Waals surface area (Å²) in [6.07, 6.45) is -1.16. The average Bonchev–Trinajstić information content (AvgIpc) is 2.47. The maximum absolute atomic E-state index is 14.9. The molecule has 1 aromatic rings. The third-order valence-electron chi connectivity index (χ3n) is 3.83. The van der Waals surface area contributed by atoms with E-state index in [4.69, 9.17) is 10.2 Å². The molecule has 0 spiro atoms. The molecule has 3 N–H and O–H groups in total. The highest BCUT2D eigenvalue weighted by molar-refractivity contribution is 5.65. The van der Waals surface area contributed by atoms with Gasteiger partial charge in [-0.25, -0.2) is 13.6 Å². The monoisotopic (exact) mass is 316 g/mol. The summed E-state index contributed by atoms with van der Waals surface area (Å²) < 4.78 is 29.0. The molecule has 0 aromatic carbocycles. The molecular weight excluding hydrogens is 298 g/mol. The molecule has 0 aliphatic carbocycles. The van der Waals surface area contributed by atoms with Crippen molar-refractivity contribution in [2.45, 2.75) is 31.0 Å². The number of pyridine rings is 1. The molecule has 2 heterocycles. The first-order valence-electron chi connectivity index (χ1n) is 6.96. The van der Waals surface area contributed by atoms with Crippen LogP contribution in [0.1, 0.15) is 24.1 Å². The molecule has 2 rings (SSSR count). The van der Waals surface area contributed by atoms with Crippen molar-refractivity contribution in [3.63, 3.8) is 0 Å². The number of rotatable bonds is 4. The van der Waals surface area contributed by atoms with Crippen LogP contribution in [0.25, 0.3) is 0 Å². The number of piperidine rings is 1. The summed E-state index contributed by atoms with van der Waals surface area (Å²) in [6.45, 7) is -0.489. The molecule has 6 nitrogen and oxygen atoms in total. The van der Waals surface area contributed by atoms with E-state index in [0.29, 0.717) is 5.56 Å². The van der Waals surface area contributed by atoms with Crippen molar-refractivity contribution in [2.24, 2.45) is 0 Å². The molecule has 1 fully saturated rings. The van der Waals surface area contributed by atoms with Crippen molar-refractivity contribution in [1.82, 2.24) is 9.88 Å². The number of carbonyl (C=O) groups is 1. The number of alkyl halides is 1. The standard InChI is InChI=1S/C14H18F2N2O4/c15-11-6-9(5-10(20)8-19)7-17-12(11)14(16)1-3-18(4-2-14)13(21)22/h6-7,10,19-20H,1-5,8H2,(H,21,22). The van der Waals surface area contributed by atoms with Crippen molar-refractivity contribution in [3.8, 4) is 0 Å². The van der Waals surface area contributed by atoms with Crippen LogP contribution in [-0.4, -0.2) is 57.1 Å². The van der Waals surface area contributed by atoms with Gasteiger partial charge in [0.2, 0.25) is 0 Å². The molecule has 0 saturated carbocycles. The number of nitrogens with zero attached hydrogens (tertiary/aromatic N) is 2. The van der Waals surface area contributed by atoms with Crippen LogP contribution in [0.15, 0.2) is 12.3 Å². The summed E-state index contributed by atoms with van der Waals surface area (Å²) >= 11 is 0. The third kappa shape index (κ3) is 3.50. The van der Waals surface area contributed by atoms with Crippen LogP contribution in [0.4, 0.5) is 13.6 Å². The number of hydrogen-bond donors (Lipinski definition) is 3. The Bertz CT molecular complexity index is 548. The zero-order chi connectivity index (χ0) is 16.3. The molecule has 1 aliphatic heterocycles. The Balaban J connectivity index is 2.14. The molecule has 1 atom stereocenters. The van der Waals surface area contributed by atoms with Gasteiger partial charge in [-0.15, -0.1) is 0 Å². The predicted octanol–water partition coefficient (Wildman–Crippen LogP) is 1.05. The fourth-order valence-electron chi connectivity index (χ4n) is 2.54. The van der Waals surface area contributed by atoms with E-state index in [9.17, 15) is 18.7 Å². The first kappa shape index (κ1) is 16.6. The Hall–Kier alpha value is -1.80. The lowest BCUT2D eigenvalue weighted by Crippen LogP contribution is -2.43. The number of halogens is 2. The first-order chi connectivity index (χ1) is 10.4. The van der Waals surface area contributed by atoms with E-state index >= 15 is 0 Å². The number of carboxylic acid groups (broad SMARTS) is 1. The number of amides is 1. The maximum Gasteiger partial charge on any atom is 0.407 e. The van der Waals surface area contributed by atoms with E-state index in [2.05, 4.69) is 4.98 Å². The van der Waals surface area contributed by atoms with Crippen molar-refractivity contribution < 1.29 is 28.9 Å². The normalized spacial score (nSPS) is 19.0. The molecular formula is C14H18F2N2O4. The Morgan fingerprint density at radius 3 is 2.59 bits per heavy atom. The highest BCUT2D eigenvalue weighted by Crippen LogP contribution is 2.37. The number of likely N-dealkylation sites (tertiary alicyclic amines) is 1. The van der Waals surface area contributed by atoms with Gasteiger partial charge in [0.05, 0.1) is 12.7 Å². The summed E-state index contributed by atoms with van der Waals surface area (Å²) in [7, 11) is 0. The van der Waals surface area contributed by atoms with Gasteiger partial charge in [-0.2, -0.15) is 0 Å². The lowest BCUT2D eigenvalue weighted by molar-refractivity contribution is 0.0492. The van der Waals surface area contributed by atoms with Crippen LogP contribution in [-0.2, 0) is 12.1 Å². The van der Waals surface area contributed by atoms with Gasteiger partial charge in [-0.1, -0.05) is 0 Å². The van der Waals surface area contributed by atoms with Crippen LogP contribution < -0.4 is 0 Å². The Morgan fingerprint density at radius 1 is 1.45 bits per heavy atom. The minimum Gasteiger partial charge on any atom is -0.465 e. The third-order valence-corrected chi connectivity index (χ3v) is 3.83. The van der Waals surface area contributed by atoms with Crippen LogP contribution >= 0.6 is 0 Å². The van der Waals surface area contributed by atoms with Gasteiger partial charge >= 0.3 is 6.09 Å². The van der Waals surface area contributed by atoms with Crippen molar-refractivity contribution in [3.05, 3.63) is 29.3 Å². The Morgan fingerprint density at radius 2 is 2.09 bits per heavy atom. The highest BCUT2D eigenvalue weighted by Gasteiger charge is 2.40. The second-order valence-corrected chi connectivity index (χ2v) is 5.45. The van der Waals surface area contributed by atoms with Crippen LogP contribution in [0.3, 0.4) is 0 Å². The molecule has 1 aliphatic rings. The average molecular weight is 316 g/mol. The highest BCUT2D eigenvalue weighted by atomic mass is 19.1. The number of aliphatic hydroxyl groups is 2. The molecule has 1 unspecified atom stereocenters. The summed E-state index contributed by atoms with van der Waals surface area (Å²) in [6, 6.07) is 1.09. The van der Waals surface area contributed by atoms with Gasteiger partial charge in [0.15, 0.2) is 5.67 Å². The summed E-state index contributed by atoms with van der Waals surface area (Å²) in [5.41, 5.74) is -1.97. The summed E-state index contributed by atoms with van der Waals surface area (Å²) in [5, 5.41) is 26.9. The van der Waals surface area contributed by atoms with Crippen LogP contribution in [0, 0.1) is 5.82 Å². The van der Waals surface area contributed by atoms with E-state index in [0.717, 1.165) is 11.0 Å². The second-order valence-electron chi connectivity index (χ2n) is 5.45. The second kappa shape index (κ2) is 6.53. The van der Waals surface area contributed by atoms with Crippen molar-refractivity contribution >= 4 is 6.09 Å². The van der Waals surface area contributed by atoms with E-state index in [1.54, 1.807) is 0 Å². The fraction of sp³-hybridized carbons (Fsp3) is 0.571. The van der Waals surface area contributed by atoms with Crippen molar-refractivity contribution in [1.29, 1.82) is 0 Å². The van der Waals surface area contributed by atoms with Crippen molar-refractivity contribution in [2.75, 3.05) is 19.7 Å². The quantitative estimate of drug-likeness (QED) is 0.772. The van der Waals surface area contributed by atoms with Gasteiger partial charge in [-0.3, -0.25) is 4.98 Å². The van der Waals surface area contributed by atoms with E-state index in [1.165, 1.54) is 6.20 Å². The van der Waals surface area contributed by atoms with Crippen LogP contribution in [0.5, 0.6) is 0 Å². The molecule has 0 radical (unpaired) electrons. The van der Waals surface area contributed by atoms with Crippen LogP contribution in [0.2, 0.25) is 0 Å². The van der Waals surface area contributed by atoms with Gasteiger partial charge in [0.1, 0.15) is 11.5 Å². The lowest BCUT2D eigenvalue weighted by Gasteiger charge is -2.34. The molecule has 1 amide bonds. The molecule has 1 aromatic heterocycles. The maximum atomic E-state index is 14.9. The molecule has 1 saturated heterocycles. The largest absolute Gasteiger partial charge is 0.465 e. The predicted molar refractivity (Wildman–Crippen MR) is 72.6 cm³/mol. The number of hydrogen-bond acceptors (Lipinski definition) is 4. The molecule has 8 heteroatoms. The smallest absolute Gasteiger partial charge is 0.407 e. The Kier molecular flexibility index (Phi) is 4.92. The van der Waals surface area contributed by atoms with Gasteiger partial charge < -0.3 is 20.2 Å². The van der Waals surface area contributed by atoms with E-state index in [-0.39, 0.29) is 38.0 Å². The van der Waals surface area contributed by atoms with E-state index in [1.807, 2.05) is 0 Å². The molecule has 22 heavy (non-hydrogen) atoms. The van der Waals surface area contributed by atoms with Gasteiger partial charge in [0, 0.05) is 38.5 Å². The first-order valence-corrected chi connectivity index (χ1v) is 6.96. The molecule has 122 valence electrons. The summed E-state index contributed by atoms with van der Waals surface area (Å²) in [5.74, 6) is -0.825. The van der Waals surface area contributed by atoms with Gasteiger partial charge in [-0.05, 0) is 11.6 Å². The topological polar surface area (TPSA) is 93.9 Å². The zero-order valence-corrected chi connectivity index (χ0v) is 11.9. The summed E-state index contributed by atoms with van der Waals surface area (Å²) in [4.78, 5) is 15.7. The van der Waals surface area contributed by atoms with Gasteiger partial charge in [0.25, 0.3) is 0 Å². The zero-order valence-electron chi connectivity index (χ0n) is 11.9. The lowest BCUT2D eigenvalue weighted by atomic mass is 9.89. The minimum atomic E-state index is -2.00. The molecule has 0 bridgehead atoms. The fourth-order valence-corrected chi connectivity index (χ4v) is 2.54. The Labute approximate surface area is 126 Å². The number of aliphatic hydroxyl groups excluding tert-OH is 2. The SMILES string of the molecule is O=C(O)N1CCC(F)(c2ncc(CC(O)CO)cc2F)CC1. The minimum absolute atomic E-state index is 0.0159. The number of aromatic nitrogens is 1. The van der Waals surface area contributed by atoms with E-state index < -0.39 is 30.3 Å².